The third-order valence-corrected chi connectivity index (χ3v) is 3.62. The van der Waals surface area contributed by atoms with Crippen molar-refractivity contribution in [2.75, 3.05) is 0 Å². The summed E-state index contributed by atoms with van der Waals surface area (Å²) in [5.74, 6) is 1.07. The summed E-state index contributed by atoms with van der Waals surface area (Å²) >= 11 is 0. The maximum atomic E-state index is 11.8. The van der Waals surface area contributed by atoms with Gasteiger partial charge in [0.05, 0.1) is 12.2 Å². The molecule has 6 heteroatoms. The second-order valence-electron chi connectivity index (χ2n) is 5.36. The summed E-state index contributed by atoms with van der Waals surface area (Å²) in [6, 6.07) is 4.99. The second-order valence-corrected chi connectivity index (χ2v) is 5.36. The number of hydrogen-bond donors (Lipinski definition) is 2. The summed E-state index contributed by atoms with van der Waals surface area (Å²) in [6.07, 6.45) is 4.23. The lowest BCUT2D eigenvalue weighted by atomic mass is 10.2. The Morgan fingerprint density at radius 1 is 1.52 bits per heavy atom. The molecule has 0 aromatic carbocycles. The molecule has 2 aromatic heterocycles. The number of nitrogens with one attached hydrogen (secondary N) is 2. The van der Waals surface area contributed by atoms with E-state index in [0.29, 0.717) is 17.4 Å². The first-order valence-electron chi connectivity index (χ1n) is 6.92. The molecule has 0 saturated heterocycles. The van der Waals surface area contributed by atoms with Crippen LogP contribution in [0.1, 0.15) is 19.0 Å². The molecule has 0 spiro atoms. The van der Waals surface area contributed by atoms with Gasteiger partial charge in [-0.05, 0) is 24.5 Å². The largest absolute Gasteiger partial charge is 0.350 e. The molecule has 2 heterocycles. The van der Waals surface area contributed by atoms with E-state index in [1.54, 1.807) is 18.5 Å². The van der Waals surface area contributed by atoms with E-state index in [0.717, 1.165) is 12.0 Å². The van der Waals surface area contributed by atoms with E-state index in [2.05, 4.69) is 27.2 Å². The number of aromatic amines is 1. The molecule has 0 radical (unpaired) electrons. The summed E-state index contributed by atoms with van der Waals surface area (Å²) in [5.41, 5.74) is 1.03. The minimum atomic E-state index is -0.243. The van der Waals surface area contributed by atoms with Crippen molar-refractivity contribution in [3.8, 4) is 11.4 Å². The van der Waals surface area contributed by atoms with Crippen LogP contribution in [0.5, 0.6) is 0 Å². The first-order valence-corrected chi connectivity index (χ1v) is 6.92. The van der Waals surface area contributed by atoms with Gasteiger partial charge in [-0.1, -0.05) is 6.92 Å². The fourth-order valence-electron chi connectivity index (χ4n) is 2.23. The summed E-state index contributed by atoms with van der Waals surface area (Å²) in [7, 11) is 0. The van der Waals surface area contributed by atoms with Crippen molar-refractivity contribution in [1.82, 2.24) is 20.3 Å². The summed E-state index contributed by atoms with van der Waals surface area (Å²) < 4.78 is 0. The maximum absolute atomic E-state index is 11.8. The van der Waals surface area contributed by atoms with Crippen LogP contribution in [-0.4, -0.2) is 20.9 Å². The average Bonchev–Trinajstić information content (AvgIpc) is 3.22. The number of H-pyrrole nitrogens is 1. The Kier molecular flexibility index (Phi) is 3.51. The van der Waals surface area contributed by atoms with Gasteiger partial charge >= 0.3 is 0 Å². The Balaban J connectivity index is 1.75. The lowest BCUT2D eigenvalue weighted by molar-refractivity contribution is -0.122. The van der Waals surface area contributed by atoms with Gasteiger partial charge in [0.1, 0.15) is 5.82 Å². The highest BCUT2D eigenvalue weighted by molar-refractivity contribution is 5.81. The molecule has 1 amide bonds. The fraction of sp³-hybridized carbons (Fsp3) is 0.333. The molecular weight excluding hydrogens is 268 g/mol. The lowest BCUT2D eigenvalue weighted by Gasteiger charge is -2.06. The highest BCUT2D eigenvalue weighted by Crippen LogP contribution is 2.37. The highest BCUT2D eigenvalue weighted by Gasteiger charge is 2.38. The zero-order valence-electron chi connectivity index (χ0n) is 11.7. The van der Waals surface area contributed by atoms with Gasteiger partial charge in [0.2, 0.25) is 5.91 Å². The van der Waals surface area contributed by atoms with E-state index in [-0.39, 0.29) is 23.9 Å². The number of hydrogen-bond acceptors (Lipinski definition) is 4. The Hall–Kier alpha value is -2.50. The van der Waals surface area contributed by atoms with Gasteiger partial charge in [0.15, 0.2) is 0 Å². The second kappa shape index (κ2) is 5.47. The number of carbonyl (C=O) groups is 1. The van der Waals surface area contributed by atoms with E-state index in [1.165, 1.54) is 6.07 Å². The van der Waals surface area contributed by atoms with Crippen molar-refractivity contribution in [3.05, 3.63) is 46.6 Å². The van der Waals surface area contributed by atoms with Crippen LogP contribution in [0, 0.1) is 11.8 Å². The van der Waals surface area contributed by atoms with Crippen LogP contribution >= 0.6 is 0 Å². The van der Waals surface area contributed by atoms with Gasteiger partial charge in [0, 0.05) is 29.9 Å². The van der Waals surface area contributed by atoms with Gasteiger partial charge < -0.3 is 10.3 Å². The van der Waals surface area contributed by atoms with Crippen LogP contribution in [0.2, 0.25) is 0 Å². The molecule has 2 aromatic rings. The molecule has 108 valence electrons. The SMILES string of the molecule is C[C@H]1C[C@H]1C(=O)NCc1cc(=O)[nH]c(-c2cccnc2)n1. The zero-order chi connectivity index (χ0) is 14.8. The fourth-order valence-corrected chi connectivity index (χ4v) is 2.23. The smallest absolute Gasteiger partial charge is 0.251 e. The first-order chi connectivity index (χ1) is 10.1. The maximum Gasteiger partial charge on any atom is 0.251 e. The van der Waals surface area contributed by atoms with Gasteiger partial charge in [0.25, 0.3) is 5.56 Å². The molecule has 1 saturated carbocycles. The molecule has 0 aliphatic heterocycles. The van der Waals surface area contributed by atoms with Crippen LogP contribution in [0.15, 0.2) is 35.4 Å². The van der Waals surface area contributed by atoms with E-state index < -0.39 is 0 Å². The van der Waals surface area contributed by atoms with Crippen molar-refractivity contribution < 1.29 is 4.79 Å². The summed E-state index contributed by atoms with van der Waals surface area (Å²) in [4.78, 5) is 34.5. The van der Waals surface area contributed by atoms with Gasteiger partial charge in [-0.2, -0.15) is 0 Å². The number of nitrogens with zero attached hydrogens (tertiary/aromatic N) is 2. The van der Waals surface area contributed by atoms with E-state index >= 15 is 0 Å². The third-order valence-electron chi connectivity index (χ3n) is 3.62. The quantitative estimate of drug-likeness (QED) is 0.880. The van der Waals surface area contributed by atoms with Crippen LogP contribution in [0.4, 0.5) is 0 Å². The molecule has 6 nitrogen and oxygen atoms in total. The molecule has 1 aliphatic carbocycles. The van der Waals surface area contributed by atoms with Gasteiger partial charge in [-0.3, -0.25) is 14.6 Å². The number of carbonyl (C=O) groups excluding carboxylic acids is 1. The standard InChI is InChI=1S/C15H16N4O2/c1-9-5-12(9)15(21)17-8-11-6-13(20)19-14(18-11)10-3-2-4-16-7-10/h2-4,6-7,9,12H,5,8H2,1H3,(H,17,21)(H,18,19,20)/t9-,12+/m0/s1. The van der Waals surface area contributed by atoms with Gasteiger partial charge in [-0.15, -0.1) is 0 Å². The van der Waals surface area contributed by atoms with Crippen molar-refractivity contribution in [2.45, 2.75) is 19.9 Å². The predicted molar refractivity (Wildman–Crippen MR) is 77.2 cm³/mol. The zero-order valence-corrected chi connectivity index (χ0v) is 11.7. The molecule has 2 N–H and O–H groups in total. The predicted octanol–water partition coefficient (Wildman–Crippen LogP) is 1.10. The Bertz CT molecular complexity index is 711. The number of pyridine rings is 1. The lowest BCUT2D eigenvalue weighted by Crippen LogP contribution is -2.26. The minimum Gasteiger partial charge on any atom is -0.350 e. The summed E-state index contributed by atoms with van der Waals surface area (Å²) in [6.45, 7) is 2.31. The van der Waals surface area contributed by atoms with Crippen molar-refractivity contribution in [2.24, 2.45) is 11.8 Å². The van der Waals surface area contributed by atoms with E-state index in [9.17, 15) is 9.59 Å². The molecule has 3 rings (SSSR count). The van der Waals surface area contributed by atoms with E-state index in [1.807, 2.05) is 6.07 Å². The first kappa shape index (κ1) is 13.5. The Labute approximate surface area is 121 Å². The number of aromatic nitrogens is 3. The molecular formula is C15H16N4O2. The molecule has 1 aliphatic rings. The number of rotatable bonds is 4. The van der Waals surface area contributed by atoms with Crippen molar-refractivity contribution >= 4 is 5.91 Å². The Morgan fingerprint density at radius 3 is 3.00 bits per heavy atom. The normalized spacial score (nSPS) is 20.0. The van der Waals surface area contributed by atoms with Crippen LogP contribution in [0.25, 0.3) is 11.4 Å². The topological polar surface area (TPSA) is 87.7 Å². The van der Waals surface area contributed by atoms with Crippen LogP contribution < -0.4 is 10.9 Å². The Morgan fingerprint density at radius 2 is 2.33 bits per heavy atom. The third kappa shape index (κ3) is 3.16. The highest BCUT2D eigenvalue weighted by atomic mass is 16.2. The minimum absolute atomic E-state index is 0.0347. The molecule has 1 fully saturated rings. The average molecular weight is 284 g/mol. The van der Waals surface area contributed by atoms with Crippen molar-refractivity contribution in [1.29, 1.82) is 0 Å². The van der Waals surface area contributed by atoms with Crippen molar-refractivity contribution in [3.63, 3.8) is 0 Å². The number of amides is 1. The van der Waals surface area contributed by atoms with Gasteiger partial charge in [-0.25, -0.2) is 4.98 Å². The molecule has 2 atom stereocenters. The van der Waals surface area contributed by atoms with E-state index in [4.69, 9.17) is 0 Å². The monoisotopic (exact) mass is 284 g/mol. The van der Waals surface area contributed by atoms with Crippen LogP contribution in [-0.2, 0) is 11.3 Å². The molecule has 0 unspecified atom stereocenters. The molecule has 21 heavy (non-hydrogen) atoms. The molecule has 0 bridgehead atoms. The van der Waals surface area contributed by atoms with Crippen LogP contribution in [0.3, 0.4) is 0 Å². The summed E-state index contributed by atoms with van der Waals surface area (Å²) in [5, 5.41) is 2.83.